The van der Waals surface area contributed by atoms with Gasteiger partial charge < -0.3 is 0 Å². The molecule has 0 aliphatic heterocycles. The zero-order valence-electron chi connectivity index (χ0n) is 36.8. The molecule has 0 amide bonds. The molecule has 4 aromatic carbocycles. The zero-order chi connectivity index (χ0) is 42.0. The van der Waals surface area contributed by atoms with Crippen molar-refractivity contribution in [1.82, 2.24) is 15.0 Å². The van der Waals surface area contributed by atoms with Gasteiger partial charge in [0.2, 0.25) is 0 Å². The van der Waals surface area contributed by atoms with Crippen LogP contribution in [0.2, 0.25) is 0 Å². The largest absolute Gasteiger partial charge is 0.256 e. The van der Waals surface area contributed by atoms with Crippen LogP contribution in [-0.4, -0.2) is 15.0 Å². The quantitative estimate of drug-likeness (QED) is 0.0869. The molecule has 0 spiro atoms. The van der Waals surface area contributed by atoms with Crippen LogP contribution in [0.1, 0.15) is 113 Å². The fraction of sp³-hybridized carbons (Fsp3) is 0.316. The average molecular weight is 790 g/mol. The Morgan fingerprint density at radius 1 is 0.317 bits per heavy atom. The fourth-order valence-corrected chi connectivity index (χ4v) is 9.81. The van der Waals surface area contributed by atoms with E-state index in [2.05, 4.69) is 206 Å². The summed E-state index contributed by atoms with van der Waals surface area (Å²) in [5.41, 5.74) is 14.6. The predicted octanol–water partition coefficient (Wildman–Crippen LogP) is 14.8. The molecule has 0 unspecified atom stereocenters. The molecule has 3 heteroatoms. The number of nitrogens with zero attached hydrogens (tertiary/aromatic N) is 3. The van der Waals surface area contributed by atoms with Crippen LogP contribution in [0, 0.1) is 0 Å². The summed E-state index contributed by atoms with van der Waals surface area (Å²) < 4.78 is 0. The first-order chi connectivity index (χ1) is 29.3. The topological polar surface area (TPSA) is 38.7 Å². The van der Waals surface area contributed by atoms with E-state index in [-0.39, 0.29) is 16.2 Å². The third-order valence-corrected chi connectivity index (χ3v) is 14.1. The Hall–Kier alpha value is -5.67. The summed E-state index contributed by atoms with van der Waals surface area (Å²) in [6.07, 6.45) is 15.6. The monoisotopic (exact) mass is 790 g/mol. The van der Waals surface area contributed by atoms with E-state index in [4.69, 9.17) is 15.0 Å². The maximum absolute atomic E-state index is 5.03. The van der Waals surface area contributed by atoms with Gasteiger partial charge in [0.15, 0.2) is 0 Å². The molecule has 3 heterocycles. The van der Waals surface area contributed by atoms with Crippen molar-refractivity contribution in [3.63, 3.8) is 0 Å². The number of pyridine rings is 3. The Morgan fingerprint density at radius 2 is 0.567 bits per heavy atom. The van der Waals surface area contributed by atoms with Crippen LogP contribution in [0.4, 0.5) is 0 Å². The lowest BCUT2D eigenvalue weighted by Crippen LogP contribution is -2.30. The van der Waals surface area contributed by atoms with Gasteiger partial charge in [0.25, 0.3) is 0 Å². The molecule has 0 radical (unpaired) electrons. The van der Waals surface area contributed by atoms with Crippen LogP contribution in [-0.2, 0) is 35.5 Å². The molecule has 60 heavy (non-hydrogen) atoms. The molecule has 0 fully saturated rings. The smallest absolute Gasteiger partial charge is 0.0702 e. The van der Waals surface area contributed by atoms with Gasteiger partial charge >= 0.3 is 0 Å². The van der Waals surface area contributed by atoms with Gasteiger partial charge in [-0.2, -0.15) is 0 Å². The van der Waals surface area contributed by atoms with Crippen molar-refractivity contribution >= 4 is 0 Å². The minimum Gasteiger partial charge on any atom is -0.256 e. The van der Waals surface area contributed by atoms with Gasteiger partial charge in [-0.25, -0.2) is 0 Å². The first-order valence-electron chi connectivity index (χ1n) is 22.5. The zero-order valence-corrected chi connectivity index (χ0v) is 36.8. The highest BCUT2D eigenvalue weighted by Gasteiger charge is 2.34. The molecule has 3 aromatic heterocycles. The highest BCUT2D eigenvalue weighted by molar-refractivity contribution is 5.61. The second-order valence-electron chi connectivity index (χ2n) is 17.0. The van der Waals surface area contributed by atoms with Gasteiger partial charge in [0.1, 0.15) is 0 Å². The van der Waals surface area contributed by atoms with Crippen molar-refractivity contribution in [2.24, 2.45) is 0 Å². The van der Waals surface area contributed by atoms with Crippen molar-refractivity contribution in [3.05, 3.63) is 198 Å². The summed E-state index contributed by atoms with van der Waals surface area (Å²) >= 11 is 0. The Bertz CT molecular complexity index is 2090. The second kappa shape index (κ2) is 19.1. The maximum atomic E-state index is 5.03. The molecule has 0 atom stereocenters. The first-order valence-corrected chi connectivity index (χ1v) is 22.5. The highest BCUT2D eigenvalue weighted by Crippen LogP contribution is 2.41. The highest BCUT2D eigenvalue weighted by atomic mass is 14.7. The Balaban J connectivity index is 1.28. The van der Waals surface area contributed by atoms with E-state index >= 15 is 0 Å². The van der Waals surface area contributed by atoms with Gasteiger partial charge in [-0.1, -0.05) is 169 Å². The third kappa shape index (κ3) is 9.06. The van der Waals surface area contributed by atoms with Crippen LogP contribution in [0.3, 0.4) is 0 Å². The predicted molar refractivity (Wildman–Crippen MR) is 253 cm³/mol. The van der Waals surface area contributed by atoms with E-state index in [1.807, 2.05) is 0 Å². The van der Waals surface area contributed by atoms with Crippen molar-refractivity contribution in [3.8, 4) is 33.8 Å². The summed E-state index contributed by atoms with van der Waals surface area (Å²) in [5, 5.41) is 0. The molecule has 306 valence electrons. The standard InChI is InChI=1S/C57H63N3/c1-7-55(8-2,49-28-31-52(58-40-49)46-22-16-13-17-23-46)37-43-34-44(38-56(9-3,10-4)50-29-32-53(59-41-50)47-24-18-14-19-25-47)36-45(35-43)39-57(11-5,12-6)51-30-33-54(60-42-51)48-26-20-15-21-27-48/h13-36,40-42H,7-12,37-39H2,1-6H3. The molecule has 0 aliphatic carbocycles. The molecule has 3 nitrogen and oxygen atoms in total. The SMILES string of the molecule is CCC(CC)(Cc1cc(CC(CC)(CC)c2ccc(-c3ccccc3)nc2)cc(CC(CC)(CC)c2ccc(-c3ccccc3)nc2)c1)c1ccc(-c2ccccc2)nc1. The van der Waals surface area contributed by atoms with Crippen molar-refractivity contribution in [1.29, 1.82) is 0 Å². The van der Waals surface area contributed by atoms with Gasteiger partial charge in [-0.15, -0.1) is 0 Å². The van der Waals surface area contributed by atoms with Crippen LogP contribution >= 0.6 is 0 Å². The number of rotatable bonds is 18. The minimum absolute atomic E-state index is 0.0360. The summed E-state index contributed by atoms with van der Waals surface area (Å²) in [7, 11) is 0. The molecule has 0 bridgehead atoms. The van der Waals surface area contributed by atoms with Crippen molar-refractivity contribution in [2.45, 2.75) is 116 Å². The van der Waals surface area contributed by atoms with E-state index < -0.39 is 0 Å². The molecular weight excluding hydrogens is 727 g/mol. The van der Waals surface area contributed by atoms with Gasteiger partial charge in [0, 0.05) is 51.5 Å². The lowest BCUT2D eigenvalue weighted by Gasteiger charge is -2.36. The summed E-state index contributed by atoms with van der Waals surface area (Å²) in [5.74, 6) is 0. The minimum atomic E-state index is -0.0360. The Morgan fingerprint density at radius 3 is 0.767 bits per heavy atom. The molecular formula is C57H63N3. The molecule has 0 N–H and O–H groups in total. The molecule has 0 saturated carbocycles. The second-order valence-corrected chi connectivity index (χ2v) is 17.0. The lowest BCUT2D eigenvalue weighted by molar-refractivity contribution is 0.382. The van der Waals surface area contributed by atoms with Crippen LogP contribution in [0.25, 0.3) is 33.8 Å². The van der Waals surface area contributed by atoms with Crippen LogP contribution < -0.4 is 0 Å². The molecule has 0 saturated heterocycles. The van der Waals surface area contributed by atoms with Crippen LogP contribution in [0.15, 0.2) is 164 Å². The van der Waals surface area contributed by atoms with Crippen molar-refractivity contribution in [2.75, 3.05) is 0 Å². The third-order valence-electron chi connectivity index (χ3n) is 14.1. The van der Waals surface area contributed by atoms with Crippen LogP contribution in [0.5, 0.6) is 0 Å². The number of aromatic nitrogens is 3. The van der Waals surface area contributed by atoms with Gasteiger partial charge in [-0.3, -0.25) is 15.0 Å². The number of hydrogen-bond donors (Lipinski definition) is 0. The van der Waals surface area contributed by atoms with E-state index in [9.17, 15) is 0 Å². The van der Waals surface area contributed by atoms with E-state index in [1.165, 1.54) is 33.4 Å². The molecule has 7 aromatic rings. The van der Waals surface area contributed by atoms with E-state index in [1.54, 1.807) is 0 Å². The summed E-state index contributed by atoms with van der Waals surface area (Å²) in [6, 6.07) is 52.8. The first kappa shape index (κ1) is 42.5. The fourth-order valence-electron chi connectivity index (χ4n) is 9.81. The maximum Gasteiger partial charge on any atom is 0.0702 e. The van der Waals surface area contributed by atoms with E-state index in [0.29, 0.717) is 0 Å². The van der Waals surface area contributed by atoms with Crippen molar-refractivity contribution < 1.29 is 0 Å². The number of hydrogen-bond acceptors (Lipinski definition) is 3. The number of benzene rings is 4. The summed E-state index contributed by atoms with van der Waals surface area (Å²) in [6.45, 7) is 14.1. The summed E-state index contributed by atoms with van der Waals surface area (Å²) in [4.78, 5) is 15.1. The Kier molecular flexibility index (Phi) is 13.5. The molecule has 7 rings (SSSR count). The lowest BCUT2D eigenvalue weighted by atomic mass is 9.68. The van der Waals surface area contributed by atoms with Gasteiger partial charge in [-0.05, 0) is 109 Å². The normalized spacial score (nSPS) is 12.1. The van der Waals surface area contributed by atoms with E-state index in [0.717, 1.165) is 91.6 Å². The van der Waals surface area contributed by atoms with Gasteiger partial charge in [0.05, 0.1) is 17.1 Å². The average Bonchev–Trinajstić information content (AvgIpc) is 3.33. The molecule has 0 aliphatic rings. The Labute approximate surface area is 360 Å².